The molecule has 2 N–H and O–H groups in total. The minimum atomic E-state index is -0.675. The van der Waals surface area contributed by atoms with Gasteiger partial charge in [0.1, 0.15) is 12.7 Å². The van der Waals surface area contributed by atoms with Crippen LogP contribution in [-0.4, -0.2) is 65.0 Å². The number of hydrogen-bond acceptors (Lipinski definition) is 8. The molecule has 4 heterocycles. The first-order chi connectivity index (χ1) is 18.3. The van der Waals surface area contributed by atoms with Gasteiger partial charge in [-0.25, -0.2) is 9.59 Å². The molecule has 8 heteroatoms. The van der Waals surface area contributed by atoms with Crippen molar-refractivity contribution in [3.05, 3.63) is 69.3 Å². The lowest BCUT2D eigenvalue weighted by atomic mass is 9.80. The molecule has 2 aromatic rings. The first-order valence-electron chi connectivity index (χ1n) is 13.6. The monoisotopic (exact) mass is 521 g/mol. The molecule has 6 rings (SSSR count). The highest BCUT2D eigenvalue weighted by Crippen LogP contribution is 2.39. The number of fused-ring (bicyclic) bond motifs is 4. The number of carbonyl (C=O) groups is 2. The molecule has 0 amide bonds. The lowest BCUT2D eigenvalue weighted by Crippen LogP contribution is -2.57. The van der Waals surface area contributed by atoms with Crippen molar-refractivity contribution >= 4 is 11.9 Å². The van der Waals surface area contributed by atoms with Gasteiger partial charge < -0.3 is 24.4 Å². The fourth-order valence-corrected chi connectivity index (χ4v) is 6.86. The average molecular weight is 522 g/mol. The van der Waals surface area contributed by atoms with Gasteiger partial charge in [0.2, 0.25) is 0 Å². The summed E-state index contributed by atoms with van der Waals surface area (Å²) in [7, 11) is 0. The Kier molecular flexibility index (Phi) is 6.76. The highest BCUT2D eigenvalue weighted by atomic mass is 16.5. The van der Waals surface area contributed by atoms with Crippen LogP contribution in [0.15, 0.2) is 30.3 Å². The Morgan fingerprint density at radius 1 is 1.00 bits per heavy atom. The van der Waals surface area contributed by atoms with Gasteiger partial charge in [-0.15, -0.1) is 0 Å². The van der Waals surface area contributed by atoms with Crippen molar-refractivity contribution in [3.63, 3.8) is 0 Å². The molecule has 2 fully saturated rings. The fourth-order valence-electron chi connectivity index (χ4n) is 6.86. The Balaban J connectivity index is 1.12. The molecule has 2 saturated heterocycles. The van der Waals surface area contributed by atoms with Gasteiger partial charge in [-0.1, -0.05) is 18.2 Å². The zero-order valence-corrected chi connectivity index (χ0v) is 21.9. The van der Waals surface area contributed by atoms with Gasteiger partial charge in [0.25, 0.3) is 0 Å². The molecule has 8 nitrogen and oxygen atoms in total. The Bertz CT molecular complexity index is 1250. The molecule has 38 heavy (non-hydrogen) atoms. The molecular weight excluding hydrogens is 486 g/mol. The lowest BCUT2D eigenvalue weighted by Gasteiger charge is -2.49. The van der Waals surface area contributed by atoms with Gasteiger partial charge in [-0.2, -0.15) is 0 Å². The predicted molar refractivity (Wildman–Crippen MR) is 138 cm³/mol. The van der Waals surface area contributed by atoms with Crippen LogP contribution in [0.25, 0.3) is 0 Å². The van der Waals surface area contributed by atoms with Crippen LogP contribution >= 0.6 is 0 Å². The van der Waals surface area contributed by atoms with Crippen LogP contribution in [0.1, 0.15) is 86.9 Å². The molecule has 0 aromatic heterocycles. The number of ether oxygens (including phenoxy) is 3. The summed E-state index contributed by atoms with van der Waals surface area (Å²) in [6, 6.07) is 9.54. The number of esters is 2. The topological polar surface area (TPSA) is 106 Å². The smallest absolute Gasteiger partial charge is 0.338 e. The number of aliphatic hydroxyl groups is 2. The second-order valence-electron chi connectivity index (χ2n) is 11.4. The maximum absolute atomic E-state index is 12.1. The van der Waals surface area contributed by atoms with E-state index >= 15 is 0 Å². The van der Waals surface area contributed by atoms with Crippen molar-refractivity contribution in [3.8, 4) is 0 Å². The minimum absolute atomic E-state index is 0.155. The summed E-state index contributed by atoms with van der Waals surface area (Å²) >= 11 is 0. The molecule has 5 atom stereocenters. The van der Waals surface area contributed by atoms with Crippen LogP contribution < -0.4 is 0 Å². The van der Waals surface area contributed by atoms with E-state index in [0.29, 0.717) is 49.6 Å². The number of aliphatic hydroxyl groups excluding tert-OH is 2. The Morgan fingerprint density at radius 3 is 2.50 bits per heavy atom. The third-order valence-corrected chi connectivity index (χ3v) is 8.83. The van der Waals surface area contributed by atoms with Crippen LogP contribution in [0.5, 0.6) is 0 Å². The van der Waals surface area contributed by atoms with Crippen molar-refractivity contribution in [1.82, 2.24) is 4.90 Å². The largest absolute Gasteiger partial charge is 0.459 e. The summed E-state index contributed by atoms with van der Waals surface area (Å²) in [5.74, 6) is -0.256. The molecule has 0 spiro atoms. The van der Waals surface area contributed by atoms with E-state index in [9.17, 15) is 19.8 Å². The maximum Gasteiger partial charge on any atom is 0.338 e. The summed E-state index contributed by atoms with van der Waals surface area (Å²) in [4.78, 5) is 26.4. The number of rotatable bonds is 6. The maximum atomic E-state index is 12.1. The summed E-state index contributed by atoms with van der Waals surface area (Å²) in [5.41, 5.74) is 5.61. The van der Waals surface area contributed by atoms with E-state index < -0.39 is 12.2 Å². The summed E-state index contributed by atoms with van der Waals surface area (Å²) < 4.78 is 16.4. The number of nitrogens with zero attached hydrogens (tertiary/aromatic N) is 1. The molecular formula is C30H35NO7. The highest BCUT2D eigenvalue weighted by Gasteiger charge is 2.41. The molecule has 0 aliphatic carbocycles. The van der Waals surface area contributed by atoms with Crippen molar-refractivity contribution in [2.24, 2.45) is 5.92 Å². The molecule has 202 valence electrons. The van der Waals surface area contributed by atoms with Gasteiger partial charge in [-0.05, 0) is 73.4 Å². The third kappa shape index (κ3) is 4.64. The van der Waals surface area contributed by atoms with Gasteiger partial charge in [0.15, 0.2) is 0 Å². The van der Waals surface area contributed by atoms with Crippen molar-refractivity contribution in [1.29, 1.82) is 0 Å². The molecule has 2 aromatic carbocycles. The van der Waals surface area contributed by atoms with E-state index in [-0.39, 0.29) is 36.7 Å². The molecule has 4 aliphatic heterocycles. The lowest BCUT2D eigenvalue weighted by molar-refractivity contribution is -0.104. The van der Waals surface area contributed by atoms with E-state index in [4.69, 9.17) is 14.2 Å². The van der Waals surface area contributed by atoms with Gasteiger partial charge >= 0.3 is 11.9 Å². The van der Waals surface area contributed by atoms with Gasteiger partial charge in [0, 0.05) is 30.6 Å². The zero-order valence-electron chi connectivity index (χ0n) is 21.9. The second kappa shape index (κ2) is 10.1. The molecule has 3 unspecified atom stereocenters. The average Bonchev–Trinajstić information content (AvgIpc) is 3.25. The number of hydrogen-bond donors (Lipinski definition) is 2. The van der Waals surface area contributed by atoms with Crippen LogP contribution in [-0.2, 0) is 27.2 Å². The summed E-state index contributed by atoms with van der Waals surface area (Å²) in [6.07, 6.45) is 1.66. The van der Waals surface area contributed by atoms with Crippen molar-refractivity contribution in [2.75, 3.05) is 19.8 Å². The molecule has 0 radical (unpaired) electrons. The number of piperidine rings is 1. The van der Waals surface area contributed by atoms with E-state index in [1.165, 1.54) is 0 Å². The van der Waals surface area contributed by atoms with Crippen molar-refractivity contribution in [2.45, 2.75) is 76.5 Å². The summed E-state index contributed by atoms with van der Waals surface area (Å²) in [5, 5.41) is 22.3. The minimum Gasteiger partial charge on any atom is -0.459 e. The summed E-state index contributed by atoms with van der Waals surface area (Å²) in [6.45, 7) is 5.82. The predicted octanol–water partition coefficient (Wildman–Crippen LogP) is 3.40. The number of benzene rings is 2. The normalized spacial score (nSPS) is 28.2. The van der Waals surface area contributed by atoms with Crippen LogP contribution in [0.4, 0.5) is 0 Å². The van der Waals surface area contributed by atoms with Crippen LogP contribution in [0.3, 0.4) is 0 Å². The quantitative estimate of drug-likeness (QED) is 0.558. The van der Waals surface area contributed by atoms with Crippen LogP contribution in [0.2, 0.25) is 0 Å². The van der Waals surface area contributed by atoms with E-state index in [1.54, 1.807) is 12.1 Å². The van der Waals surface area contributed by atoms with Gasteiger partial charge in [-0.3, -0.25) is 4.90 Å². The second-order valence-corrected chi connectivity index (χ2v) is 11.4. The first kappa shape index (κ1) is 25.5. The fraction of sp³-hybridized carbons (Fsp3) is 0.533. The van der Waals surface area contributed by atoms with E-state index in [1.807, 2.05) is 32.0 Å². The molecule has 4 aliphatic rings. The van der Waals surface area contributed by atoms with Crippen LogP contribution in [0, 0.1) is 12.8 Å². The number of morpholine rings is 1. The van der Waals surface area contributed by atoms with E-state index in [0.717, 1.165) is 40.7 Å². The Morgan fingerprint density at radius 2 is 1.74 bits per heavy atom. The SMILES string of the molecule is Cc1c([C@@H](O)CN2C3COCC2CC(CC(O)c2ccc4c(c2)C[C@H](C)OC4=O)C3)ccc2c1COC2=O. The number of carbonyl (C=O) groups excluding carboxylic acids is 2. The Hall–Kier alpha value is -2.78. The molecule has 2 bridgehead atoms. The Labute approximate surface area is 222 Å². The standard InChI is InChI=1S/C30H35NO7/c1-16-7-20-11-19(3-4-24(20)30(35)38-16)27(32)10-18-8-21-13-36-14-22(9-18)31(21)12-28(33)23-5-6-25-26(17(23)2)15-37-29(25)34/h3-6,11,16,18,21-22,27-28,32-33H,7-10,12-15H2,1-2H3/t16-,18?,21?,22?,27?,28-/m0/s1. The zero-order chi connectivity index (χ0) is 26.6. The number of cyclic esters (lactones) is 2. The molecule has 0 saturated carbocycles. The van der Waals surface area contributed by atoms with E-state index in [2.05, 4.69) is 4.90 Å². The third-order valence-electron chi connectivity index (χ3n) is 8.83. The highest BCUT2D eigenvalue weighted by molar-refractivity contribution is 5.94. The van der Waals surface area contributed by atoms with Gasteiger partial charge in [0.05, 0.1) is 36.5 Å². The van der Waals surface area contributed by atoms with Crippen molar-refractivity contribution < 1.29 is 34.0 Å². The first-order valence-corrected chi connectivity index (χ1v) is 13.6.